The zero-order valence-corrected chi connectivity index (χ0v) is 16.9. The summed E-state index contributed by atoms with van der Waals surface area (Å²) in [7, 11) is 2.19. The van der Waals surface area contributed by atoms with E-state index in [1.807, 2.05) is 0 Å². The molecule has 3 rings (SSSR count). The van der Waals surface area contributed by atoms with Gasteiger partial charge in [0.1, 0.15) is 0 Å². The minimum atomic E-state index is 0. The molecule has 1 aromatic carbocycles. The molecule has 0 saturated carbocycles. The highest BCUT2D eigenvalue weighted by Gasteiger charge is 2.24. The SMILES string of the molecule is C[C@H]1C[C@@H](C(=O)NCc2ccc(CN3CCN(C)CC3)cc2)CCN1.Cl. The highest BCUT2D eigenvalue weighted by Crippen LogP contribution is 2.16. The molecule has 0 unspecified atom stereocenters. The number of amides is 1. The minimum Gasteiger partial charge on any atom is -0.352 e. The van der Waals surface area contributed by atoms with E-state index in [9.17, 15) is 4.79 Å². The number of likely N-dealkylation sites (N-methyl/N-ethyl adjacent to an activating group) is 1. The van der Waals surface area contributed by atoms with Crippen molar-refractivity contribution in [3.8, 4) is 0 Å². The molecule has 1 amide bonds. The van der Waals surface area contributed by atoms with Crippen LogP contribution in [0.3, 0.4) is 0 Å². The molecular weight excluding hydrogens is 348 g/mol. The van der Waals surface area contributed by atoms with E-state index in [0.717, 1.165) is 52.1 Å². The Bertz CT molecular complexity index is 557. The summed E-state index contributed by atoms with van der Waals surface area (Å²) in [6, 6.07) is 9.14. The van der Waals surface area contributed by atoms with Crippen molar-refractivity contribution < 1.29 is 4.79 Å². The van der Waals surface area contributed by atoms with Crippen molar-refractivity contribution in [2.24, 2.45) is 5.92 Å². The fourth-order valence-corrected chi connectivity index (χ4v) is 3.73. The maximum Gasteiger partial charge on any atom is 0.223 e. The topological polar surface area (TPSA) is 47.6 Å². The molecule has 0 radical (unpaired) electrons. The number of halogens is 1. The molecule has 146 valence electrons. The Hall–Kier alpha value is -1.14. The van der Waals surface area contributed by atoms with Gasteiger partial charge in [-0.15, -0.1) is 12.4 Å². The lowest BCUT2D eigenvalue weighted by molar-refractivity contribution is -0.126. The Kier molecular flexibility index (Phi) is 8.35. The second-order valence-corrected chi connectivity index (χ2v) is 7.69. The lowest BCUT2D eigenvalue weighted by Crippen LogP contribution is -2.43. The molecule has 1 aromatic rings. The Balaban J connectivity index is 0.00000243. The number of rotatable bonds is 5. The number of piperidine rings is 1. The van der Waals surface area contributed by atoms with Gasteiger partial charge in [-0.2, -0.15) is 0 Å². The summed E-state index contributed by atoms with van der Waals surface area (Å²) in [4.78, 5) is 17.2. The normalized spacial score (nSPS) is 24.7. The van der Waals surface area contributed by atoms with Gasteiger partial charge in [-0.1, -0.05) is 24.3 Å². The van der Waals surface area contributed by atoms with Gasteiger partial charge in [0, 0.05) is 51.2 Å². The van der Waals surface area contributed by atoms with Crippen molar-refractivity contribution in [2.45, 2.75) is 38.9 Å². The van der Waals surface area contributed by atoms with Crippen LogP contribution in [0.15, 0.2) is 24.3 Å². The van der Waals surface area contributed by atoms with Crippen LogP contribution in [-0.4, -0.2) is 61.5 Å². The largest absolute Gasteiger partial charge is 0.352 e. The van der Waals surface area contributed by atoms with Crippen LogP contribution >= 0.6 is 12.4 Å². The van der Waals surface area contributed by atoms with Crippen molar-refractivity contribution in [3.63, 3.8) is 0 Å². The predicted octanol–water partition coefficient (Wildman–Crippen LogP) is 1.86. The van der Waals surface area contributed by atoms with E-state index < -0.39 is 0 Å². The van der Waals surface area contributed by atoms with Crippen molar-refractivity contribution in [1.29, 1.82) is 0 Å². The number of carbonyl (C=O) groups excluding carboxylic acids is 1. The number of hydrogen-bond donors (Lipinski definition) is 2. The molecule has 0 bridgehead atoms. The number of nitrogens with zero attached hydrogens (tertiary/aromatic N) is 2. The average Bonchev–Trinajstić information content (AvgIpc) is 2.63. The molecule has 0 aromatic heterocycles. The fraction of sp³-hybridized carbons (Fsp3) is 0.650. The Morgan fingerprint density at radius 3 is 2.46 bits per heavy atom. The monoisotopic (exact) mass is 380 g/mol. The molecule has 2 saturated heterocycles. The summed E-state index contributed by atoms with van der Waals surface area (Å²) in [5.74, 6) is 0.364. The molecule has 0 aliphatic carbocycles. The van der Waals surface area contributed by atoms with Gasteiger partial charge in [0.15, 0.2) is 0 Å². The molecule has 2 atom stereocenters. The standard InChI is InChI=1S/C20H32N4O.ClH/c1-16-13-19(7-8-21-16)20(25)22-14-17-3-5-18(6-4-17)15-24-11-9-23(2)10-12-24;/h3-6,16,19,21H,7-15H2,1-2H3,(H,22,25);1H/t16-,19-;/m0./s1. The van der Waals surface area contributed by atoms with Crippen LogP contribution in [0.25, 0.3) is 0 Å². The Labute approximate surface area is 163 Å². The highest BCUT2D eigenvalue weighted by atomic mass is 35.5. The average molecular weight is 381 g/mol. The summed E-state index contributed by atoms with van der Waals surface area (Å²) in [6.45, 7) is 9.34. The summed E-state index contributed by atoms with van der Waals surface area (Å²) < 4.78 is 0. The number of benzene rings is 1. The molecule has 2 aliphatic rings. The molecule has 6 heteroatoms. The van der Waals surface area contributed by atoms with Gasteiger partial charge in [-0.05, 0) is 44.5 Å². The lowest BCUT2D eigenvalue weighted by atomic mass is 9.92. The van der Waals surface area contributed by atoms with Crippen LogP contribution in [0.5, 0.6) is 0 Å². The first kappa shape index (κ1) is 21.2. The van der Waals surface area contributed by atoms with Crippen LogP contribution < -0.4 is 10.6 Å². The second-order valence-electron chi connectivity index (χ2n) is 7.69. The third kappa shape index (κ3) is 6.23. The smallest absolute Gasteiger partial charge is 0.223 e. The van der Waals surface area contributed by atoms with E-state index in [2.05, 4.69) is 58.7 Å². The molecule has 2 heterocycles. The van der Waals surface area contributed by atoms with Crippen molar-refractivity contribution in [1.82, 2.24) is 20.4 Å². The van der Waals surface area contributed by atoms with Crippen LogP contribution in [0, 0.1) is 5.92 Å². The summed E-state index contributed by atoms with van der Waals surface area (Å²) in [5, 5.41) is 6.51. The number of carbonyl (C=O) groups is 1. The van der Waals surface area contributed by atoms with Crippen molar-refractivity contribution in [3.05, 3.63) is 35.4 Å². The maximum atomic E-state index is 12.3. The van der Waals surface area contributed by atoms with Crippen LogP contribution in [0.2, 0.25) is 0 Å². The van der Waals surface area contributed by atoms with E-state index >= 15 is 0 Å². The second kappa shape index (κ2) is 10.3. The first-order valence-corrected chi connectivity index (χ1v) is 9.60. The van der Waals surface area contributed by atoms with Crippen LogP contribution in [-0.2, 0) is 17.9 Å². The minimum absolute atomic E-state index is 0. The fourth-order valence-electron chi connectivity index (χ4n) is 3.73. The van der Waals surface area contributed by atoms with Gasteiger partial charge in [0.05, 0.1) is 0 Å². The molecule has 2 fully saturated rings. The zero-order chi connectivity index (χ0) is 17.6. The number of piperazine rings is 1. The third-order valence-electron chi connectivity index (χ3n) is 5.49. The third-order valence-corrected chi connectivity index (χ3v) is 5.49. The molecule has 5 nitrogen and oxygen atoms in total. The Morgan fingerprint density at radius 2 is 1.81 bits per heavy atom. The van der Waals surface area contributed by atoms with E-state index in [4.69, 9.17) is 0 Å². The lowest BCUT2D eigenvalue weighted by Gasteiger charge is -2.32. The van der Waals surface area contributed by atoms with Gasteiger partial charge < -0.3 is 15.5 Å². The van der Waals surface area contributed by atoms with Gasteiger partial charge in [-0.25, -0.2) is 0 Å². The van der Waals surface area contributed by atoms with E-state index in [0.29, 0.717) is 12.6 Å². The quantitative estimate of drug-likeness (QED) is 0.818. The van der Waals surface area contributed by atoms with Gasteiger partial charge in [0.2, 0.25) is 5.91 Å². The van der Waals surface area contributed by atoms with E-state index in [1.165, 1.54) is 11.1 Å². The number of nitrogens with one attached hydrogen (secondary N) is 2. The molecule has 0 spiro atoms. The summed E-state index contributed by atoms with van der Waals surface area (Å²) in [5.41, 5.74) is 2.53. The molecule has 26 heavy (non-hydrogen) atoms. The Morgan fingerprint density at radius 1 is 1.15 bits per heavy atom. The van der Waals surface area contributed by atoms with Crippen molar-refractivity contribution in [2.75, 3.05) is 39.8 Å². The van der Waals surface area contributed by atoms with E-state index in [1.54, 1.807) is 0 Å². The maximum absolute atomic E-state index is 12.3. The van der Waals surface area contributed by atoms with Crippen LogP contribution in [0.4, 0.5) is 0 Å². The van der Waals surface area contributed by atoms with Crippen LogP contribution in [0.1, 0.15) is 30.9 Å². The molecule has 2 N–H and O–H groups in total. The number of hydrogen-bond acceptors (Lipinski definition) is 4. The molecular formula is C20H33ClN4O. The van der Waals surface area contributed by atoms with Crippen molar-refractivity contribution >= 4 is 18.3 Å². The summed E-state index contributed by atoms with van der Waals surface area (Å²) >= 11 is 0. The first-order chi connectivity index (χ1) is 12.1. The highest BCUT2D eigenvalue weighted by molar-refractivity contribution is 5.85. The van der Waals surface area contributed by atoms with Gasteiger partial charge in [-0.3, -0.25) is 9.69 Å². The zero-order valence-electron chi connectivity index (χ0n) is 16.0. The van der Waals surface area contributed by atoms with Gasteiger partial charge >= 0.3 is 0 Å². The first-order valence-electron chi connectivity index (χ1n) is 9.60. The van der Waals surface area contributed by atoms with Gasteiger partial charge in [0.25, 0.3) is 0 Å². The predicted molar refractivity (Wildman–Crippen MR) is 108 cm³/mol. The van der Waals surface area contributed by atoms with E-state index in [-0.39, 0.29) is 24.2 Å². The molecule has 2 aliphatic heterocycles. The summed E-state index contributed by atoms with van der Waals surface area (Å²) in [6.07, 6.45) is 1.88.